The third-order valence-corrected chi connectivity index (χ3v) is 3.90. The number of benzene rings is 1. The molecule has 0 N–H and O–H groups in total. The van der Waals surface area contributed by atoms with Gasteiger partial charge in [-0.2, -0.15) is 8.42 Å². The minimum absolute atomic E-state index is 0.120. The van der Waals surface area contributed by atoms with E-state index < -0.39 is 10.1 Å². The third-order valence-electron chi connectivity index (χ3n) is 1.54. The Morgan fingerprint density at radius 1 is 1.33 bits per heavy atom. The lowest BCUT2D eigenvalue weighted by atomic mass is 10.2. The molecule has 0 amide bonds. The fourth-order valence-corrected chi connectivity index (χ4v) is 2.04. The van der Waals surface area contributed by atoms with E-state index in [1.165, 1.54) is 0 Å². The van der Waals surface area contributed by atoms with E-state index in [0.29, 0.717) is 15.1 Å². The third kappa shape index (κ3) is 3.92. The zero-order valence-corrected chi connectivity index (χ0v) is 11.5. The second-order valence-electron chi connectivity index (χ2n) is 2.80. The molecule has 0 fully saturated rings. The summed E-state index contributed by atoms with van der Waals surface area (Å²) >= 11 is 14.9. The SMILES string of the molecule is CS(=O)(=O)OCc1ccc(Br)c(Cl)c1Cl. The summed E-state index contributed by atoms with van der Waals surface area (Å²) < 4.78 is 26.8. The normalized spacial score (nSPS) is 11.7. The molecule has 0 saturated carbocycles. The average molecular weight is 334 g/mol. The maximum absolute atomic E-state index is 10.8. The standard InChI is InChI=1S/C8H7BrCl2O3S/c1-15(12,13)14-4-5-2-3-6(9)8(11)7(5)10/h2-3H,4H2,1H3. The molecular weight excluding hydrogens is 327 g/mol. The molecule has 3 nitrogen and oxygen atoms in total. The minimum atomic E-state index is -3.48. The largest absolute Gasteiger partial charge is 0.265 e. The van der Waals surface area contributed by atoms with Crippen LogP contribution in [-0.4, -0.2) is 14.7 Å². The summed E-state index contributed by atoms with van der Waals surface area (Å²) in [5.41, 5.74) is 0.523. The molecule has 0 spiro atoms. The van der Waals surface area contributed by atoms with Crippen LogP contribution >= 0.6 is 39.1 Å². The predicted octanol–water partition coefficient (Wildman–Crippen LogP) is 3.23. The molecule has 0 unspecified atom stereocenters. The molecule has 84 valence electrons. The Bertz CT molecular complexity index is 473. The summed E-state index contributed by atoms with van der Waals surface area (Å²) in [7, 11) is -3.48. The average Bonchev–Trinajstić information content (AvgIpc) is 2.12. The molecule has 7 heteroatoms. The summed E-state index contributed by atoms with van der Waals surface area (Å²) in [6.45, 7) is -0.120. The van der Waals surface area contributed by atoms with Crippen molar-refractivity contribution in [3.05, 3.63) is 32.2 Å². The lowest BCUT2D eigenvalue weighted by Crippen LogP contribution is -2.03. The van der Waals surface area contributed by atoms with Gasteiger partial charge in [0.2, 0.25) is 0 Å². The van der Waals surface area contributed by atoms with Crippen molar-refractivity contribution in [3.8, 4) is 0 Å². The number of hydrogen-bond acceptors (Lipinski definition) is 3. The Kier molecular flexibility index (Phi) is 4.43. The highest BCUT2D eigenvalue weighted by atomic mass is 79.9. The number of rotatable bonds is 3. The first-order chi connectivity index (χ1) is 6.81. The van der Waals surface area contributed by atoms with Crippen molar-refractivity contribution in [2.24, 2.45) is 0 Å². The quantitative estimate of drug-likeness (QED) is 0.630. The van der Waals surface area contributed by atoms with Gasteiger partial charge in [-0.3, -0.25) is 4.18 Å². The molecule has 0 aliphatic rings. The first-order valence-corrected chi connectivity index (χ1v) is 7.14. The first kappa shape index (κ1) is 13.3. The topological polar surface area (TPSA) is 43.4 Å². The molecule has 1 aromatic rings. The molecule has 1 aromatic carbocycles. The highest BCUT2D eigenvalue weighted by molar-refractivity contribution is 9.10. The summed E-state index contributed by atoms with van der Waals surface area (Å²) in [5.74, 6) is 0. The van der Waals surface area contributed by atoms with Crippen LogP contribution < -0.4 is 0 Å². The van der Waals surface area contributed by atoms with Crippen LogP contribution in [0.2, 0.25) is 10.0 Å². The second kappa shape index (κ2) is 5.01. The van der Waals surface area contributed by atoms with Gasteiger partial charge in [0.05, 0.1) is 22.9 Å². The van der Waals surface area contributed by atoms with Gasteiger partial charge in [0.15, 0.2) is 0 Å². The number of halogens is 3. The number of hydrogen-bond donors (Lipinski definition) is 0. The van der Waals surface area contributed by atoms with Gasteiger partial charge in [0.25, 0.3) is 10.1 Å². The molecule has 0 aromatic heterocycles. The second-order valence-corrected chi connectivity index (χ2v) is 6.06. The van der Waals surface area contributed by atoms with Gasteiger partial charge in [-0.25, -0.2) is 0 Å². The van der Waals surface area contributed by atoms with E-state index in [1.54, 1.807) is 12.1 Å². The van der Waals surface area contributed by atoms with Crippen molar-refractivity contribution in [2.45, 2.75) is 6.61 Å². The van der Waals surface area contributed by atoms with Gasteiger partial charge in [-0.05, 0) is 27.6 Å². The smallest absolute Gasteiger partial charge is 0.264 e. The van der Waals surface area contributed by atoms with Gasteiger partial charge in [0.1, 0.15) is 0 Å². The van der Waals surface area contributed by atoms with Crippen LogP contribution in [0, 0.1) is 0 Å². The highest BCUT2D eigenvalue weighted by Gasteiger charge is 2.10. The van der Waals surface area contributed by atoms with Crippen molar-refractivity contribution < 1.29 is 12.6 Å². The van der Waals surface area contributed by atoms with E-state index in [9.17, 15) is 8.42 Å². The predicted molar refractivity (Wildman–Crippen MR) is 63.8 cm³/mol. The monoisotopic (exact) mass is 332 g/mol. The summed E-state index contributed by atoms with van der Waals surface area (Å²) in [4.78, 5) is 0. The van der Waals surface area contributed by atoms with Crippen LogP contribution in [0.25, 0.3) is 0 Å². The van der Waals surface area contributed by atoms with Crippen molar-refractivity contribution >= 4 is 49.2 Å². The lowest BCUT2D eigenvalue weighted by molar-refractivity contribution is 0.312. The van der Waals surface area contributed by atoms with Crippen molar-refractivity contribution in [3.63, 3.8) is 0 Å². The molecule has 0 saturated heterocycles. The Morgan fingerprint density at radius 3 is 2.47 bits per heavy atom. The van der Waals surface area contributed by atoms with Crippen LogP contribution in [0.5, 0.6) is 0 Å². The van der Waals surface area contributed by atoms with E-state index in [4.69, 9.17) is 23.2 Å². The Labute approximate surface area is 107 Å². The highest BCUT2D eigenvalue weighted by Crippen LogP contribution is 2.33. The van der Waals surface area contributed by atoms with E-state index in [0.717, 1.165) is 6.26 Å². The minimum Gasteiger partial charge on any atom is -0.265 e. The zero-order valence-electron chi connectivity index (χ0n) is 7.63. The van der Waals surface area contributed by atoms with Crippen molar-refractivity contribution in [1.29, 1.82) is 0 Å². The van der Waals surface area contributed by atoms with Crippen molar-refractivity contribution in [1.82, 2.24) is 0 Å². The summed E-state index contributed by atoms with van der Waals surface area (Å²) in [6.07, 6.45) is 0.974. The Balaban J connectivity index is 2.93. The van der Waals surface area contributed by atoms with Gasteiger partial charge in [-0.1, -0.05) is 29.3 Å². The van der Waals surface area contributed by atoms with Crippen LogP contribution in [-0.2, 0) is 20.9 Å². The van der Waals surface area contributed by atoms with E-state index in [1.807, 2.05) is 0 Å². The molecule has 1 rings (SSSR count). The molecule has 0 aliphatic carbocycles. The van der Waals surface area contributed by atoms with Gasteiger partial charge < -0.3 is 0 Å². The molecule has 15 heavy (non-hydrogen) atoms. The molecule has 0 aliphatic heterocycles. The van der Waals surface area contributed by atoms with E-state index in [-0.39, 0.29) is 11.6 Å². The fraction of sp³-hybridized carbons (Fsp3) is 0.250. The Morgan fingerprint density at radius 2 is 1.93 bits per heavy atom. The molecule has 0 atom stereocenters. The molecule has 0 heterocycles. The summed E-state index contributed by atoms with van der Waals surface area (Å²) in [5, 5.41) is 0.626. The Hall–Kier alpha value is 0.190. The van der Waals surface area contributed by atoms with Gasteiger partial charge in [0, 0.05) is 4.47 Å². The summed E-state index contributed by atoms with van der Waals surface area (Å²) in [6, 6.07) is 3.32. The van der Waals surface area contributed by atoms with Gasteiger partial charge in [-0.15, -0.1) is 0 Å². The van der Waals surface area contributed by atoms with E-state index >= 15 is 0 Å². The van der Waals surface area contributed by atoms with Crippen LogP contribution in [0.3, 0.4) is 0 Å². The lowest BCUT2D eigenvalue weighted by Gasteiger charge is -2.06. The molecule has 0 bridgehead atoms. The van der Waals surface area contributed by atoms with Gasteiger partial charge >= 0.3 is 0 Å². The maximum Gasteiger partial charge on any atom is 0.264 e. The van der Waals surface area contributed by atoms with Crippen LogP contribution in [0.4, 0.5) is 0 Å². The zero-order chi connectivity index (χ0) is 11.6. The maximum atomic E-state index is 10.8. The van der Waals surface area contributed by atoms with Crippen LogP contribution in [0.1, 0.15) is 5.56 Å². The molecule has 0 radical (unpaired) electrons. The van der Waals surface area contributed by atoms with Crippen LogP contribution in [0.15, 0.2) is 16.6 Å². The molecular formula is C8H7BrCl2O3S. The first-order valence-electron chi connectivity index (χ1n) is 3.78. The van der Waals surface area contributed by atoms with E-state index in [2.05, 4.69) is 20.1 Å². The van der Waals surface area contributed by atoms with Crippen molar-refractivity contribution in [2.75, 3.05) is 6.26 Å². The fourth-order valence-electron chi connectivity index (χ4n) is 0.848.